The lowest BCUT2D eigenvalue weighted by molar-refractivity contribution is 0.102. The second-order valence-corrected chi connectivity index (χ2v) is 5.46. The molecule has 1 heterocycles. The largest absolute Gasteiger partial charge is 0.497 e. The molecule has 0 aliphatic rings. The number of aromatic nitrogens is 1. The molecule has 26 heavy (non-hydrogen) atoms. The Morgan fingerprint density at radius 1 is 1.04 bits per heavy atom. The molecule has 0 aliphatic heterocycles. The van der Waals surface area contributed by atoms with Crippen LogP contribution in [0.3, 0.4) is 0 Å². The lowest BCUT2D eigenvalue weighted by Gasteiger charge is -2.09. The highest BCUT2D eigenvalue weighted by atomic mass is 16.5. The monoisotopic (exact) mass is 344 g/mol. The van der Waals surface area contributed by atoms with Crippen LogP contribution in [-0.2, 0) is 0 Å². The van der Waals surface area contributed by atoms with Crippen LogP contribution in [0, 0.1) is 11.3 Å². The molecular formula is C20H16N4O2. The van der Waals surface area contributed by atoms with Crippen molar-refractivity contribution in [2.24, 2.45) is 0 Å². The summed E-state index contributed by atoms with van der Waals surface area (Å²) in [5, 5.41) is 14.9. The number of anilines is 3. The van der Waals surface area contributed by atoms with E-state index in [2.05, 4.69) is 21.7 Å². The molecule has 0 radical (unpaired) electrons. The molecule has 0 atom stereocenters. The van der Waals surface area contributed by atoms with Crippen molar-refractivity contribution >= 4 is 23.0 Å². The van der Waals surface area contributed by atoms with Crippen LogP contribution in [0.25, 0.3) is 0 Å². The quantitative estimate of drug-likeness (QED) is 0.731. The van der Waals surface area contributed by atoms with E-state index in [1.807, 2.05) is 6.07 Å². The molecule has 0 aliphatic carbocycles. The second kappa shape index (κ2) is 7.81. The Morgan fingerprint density at radius 3 is 2.58 bits per heavy atom. The van der Waals surface area contributed by atoms with Gasteiger partial charge in [0, 0.05) is 17.6 Å². The second-order valence-electron chi connectivity index (χ2n) is 5.46. The fourth-order valence-corrected chi connectivity index (χ4v) is 2.34. The van der Waals surface area contributed by atoms with Crippen LogP contribution in [0.15, 0.2) is 67.0 Å². The molecular weight excluding hydrogens is 328 g/mol. The van der Waals surface area contributed by atoms with Gasteiger partial charge in [0.05, 0.1) is 36.2 Å². The number of ether oxygens (including phenoxy) is 1. The van der Waals surface area contributed by atoms with Crippen molar-refractivity contribution in [3.8, 4) is 11.8 Å². The number of hydrogen-bond acceptors (Lipinski definition) is 5. The number of nitrogens with one attached hydrogen (secondary N) is 2. The summed E-state index contributed by atoms with van der Waals surface area (Å²) in [6.07, 6.45) is 3.11. The van der Waals surface area contributed by atoms with E-state index < -0.39 is 0 Å². The van der Waals surface area contributed by atoms with Gasteiger partial charge < -0.3 is 15.4 Å². The number of carbonyl (C=O) groups is 1. The molecule has 0 bridgehead atoms. The number of hydrogen-bond donors (Lipinski definition) is 2. The molecule has 3 rings (SSSR count). The van der Waals surface area contributed by atoms with Crippen LogP contribution in [0.5, 0.6) is 5.75 Å². The van der Waals surface area contributed by atoms with E-state index in [4.69, 9.17) is 10.00 Å². The standard InChI is InChI=1S/C20H16N4O2/c1-26-19-7-5-16(6-8-19)24-20(25)15-10-18(13-22-12-15)23-17-4-2-3-14(9-17)11-21/h2-10,12-13,23H,1H3,(H,24,25). The van der Waals surface area contributed by atoms with Gasteiger partial charge in [-0.3, -0.25) is 9.78 Å². The van der Waals surface area contributed by atoms with Gasteiger partial charge in [0.2, 0.25) is 0 Å². The summed E-state index contributed by atoms with van der Waals surface area (Å²) in [6.45, 7) is 0. The average Bonchev–Trinajstić information content (AvgIpc) is 2.69. The Labute approximate surface area is 151 Å². The van der Waals surface area contributed by atoms with Gasteiger partial charge in [-0.1, -0.05) is 6.07 Å². The third-order valence-corrected chi connectivity index (χ3v) is 3.63. The predicted molar refractivity (Wildman–Crippen MR) is 99.6 cm³/mol. The summed E-state index contributed by atoms with van der Waals surface area (Å²) < 4.78 is 5.10. The zero-order valence-electron chi connectivity index (χ0n) is 14.1. The van der Waals surface area contributed by atoms with Gasteiger partial charge in [0.25, 0.3) is 5.91 Å². The molecule has 6 heteroatoms. The molecule has 2 aromatic carbocycles. The fourth-order valence-electron chi connectivity index (χ4n) is 2.34. The third kappa shape index (κ3) is 4.16. The molecule has 3 aromatic rings. The first-order chi connectivity index (χ1) is 12.7. The summed E-state index contributed by atoms with van der Waals surface area (Å²) in [5.41, 5.74) is 3.04. The van der Waals surface area contributed by atoms with Crippen molar-refractivity contribution < 1.29 is 9.53 Å². The Kier molecular flexibility index (Phi) is 5.11. The number of nitriles is 1. The maximum absolute atomic E-state index is 12.4. The van der Waals surface area contributed by atoms with Gasteiger partial charge in [0.15, 0.2) is 0 Å². The van der Waals surface area contributed by atoms with Gasteiger partial charge in [-0.2, -0.15) is 5.26 Å². The third-order valence-electron chi connectivity index (χ3n) is 3.63. The molecule has 0 saturated heterocycles. The number of carbonyl (C=O) groups excluding carboxylic acids is 1. The van der Waals surface area contributed by atoms with Gasteiger partial charge in [-0.15, -0.1) is 0 Å². The van der Waals surface area contributed by atoms with Crippen molar-refractivity contribution in [2.75, 3.05) is 17.7 Å². The molecule has 1 aromatic heterocycles. The normalized spacial score (nSPS) is 9.85. The van der Waals surface area contributed by atoms with E-state index in [0.29, 0.717) is 22.5 Å². The van der Waals surface area contributed by atoms with E-state index in [1.165, 1.54) is 6.20 Å². The minimum absolute atomic E-state index is 0.267. The van der Waals surface area contributed by atoms with Gasteiger partial charge in [0.1, 0.15) is 5.75 Å². The van der Waals surface area contributed by atoms with E-state index in [0.717, 1.165) is 11.4 Å². The van der Waals surface area contributed by atoms with Gasteiger partial charge >= 0.3 is 0 Å². The van der Waals surface area contributed by atoms with Crippen LogP contribution in [-0.4, -0.2) is 18.0 Å². The Hall–Kier alpha value is -3.85. The number of rotatable bonds is 5. The van der Waals surface area contributed by atoms with Crippen molar-refractivity contribution in [1.82, 2.24) is 4.98 Å². The lowest BCUT2D eigenvalue weighted by Crippen LogP contribution is -2.12. The number of amides is 1. The first kappa shape index (κ1) is 17.0. The van der Waals surface area contributed by atoms with Crippen LogP contribution in [0.2, 0.25) is 0 Å². The number of benzene rings is 2. The maximum Gasteiger partial charge on any atom is 0.257 e. The van der Waals surface area contributed by atoms with E-state index in [9.17, 15) is 4.79 Å². The summed E-state index contributed by atoms with van der Waals surface area (Å²) in [4.78, 5) is 16.5. The van der Waals surface area contributed by atoms with Gasteiger partial charge in [-0.05, 0) is 48.5 Å². The van der Waals surface area contributed by atoms with Gasteiger partial charge in [-0.25, -0.2) is 0 Å². The first-order valence-electron chi connectivity index (χ1n) is 7.85. The molecule has 0 spiro atoms. The molecule has 6 nitrogen and oxygen atoms in total. The highest BCUT2D eigenvalue weighted by Gasteiger charge is 2.08. The molecule has 0 fully saturated rings. The maximum atomic E-state index is 12.4. The lowest BCUT2D eigenvalue weighted by atomic mass is 10.2. The molecule has 0 unspecified atom stereocenters. The number of pyridine rings is 1. The molecule has 2 N–H and O–H groups in total. The highest BCUT2D eigenvalue weighted by Crippen LogP contribution is 2.19. The van der Waals surface area contributed by atoms with Crippen LogP contribution >= 0.6 is 0 Å². The van der Waals surface area contributed by atoms with Crippen LogP contribution < -0.4 is 15.4 Å². The molecule has 1 amide bonds. The molecule has 128 valence electrons. The summed E-state index contributed by atoms with van der Waals surface area (Å²) in [7, 11) is 1.59. The van der Waals surface area contributed by atoms with Crippen LogP contribution in [0.1, 0.15) is 15.9 Å². The minimum Gasteiger partial charge on any atom is -0.497 e. The Balaban J connectivity index is 1.73. The van der Waals surface area contributed by atoms with Crippen molar-refractivity contribution in [1.29, 1.82) is 5.26 Å². The first-order valence-corrected chi connectivity index (χ1v) is 7.85. The molecule has 0 saturated carbocycles. The highest BCUT2D eigenvalue weighted by molar-refractivity contribution is 6.04. The fraction of sp³-hybridized carbons (Fsp3) is 0.0500. The predicted octanol–water partition coefficient (Wildman–Crippen LogP) is 3.96. The Bertz CT molecular complexity index is 962. The summed E-state index contributed by atoms with van der Waals surface area (Å²) in [6, 6.07) is 17.9. The van der Waals surface area contributed by atoms with E-state index >= 15 is 0 Å². The smallest absolute Gasteiger partial charge is 0.257 e. The van der Waals surface area contributed by atoms with Crippen LogP contribution in [0.4, 0.5) is 17.1 Å². The zero-order valence-corrected chi connectivity index (χ0v) is 14.1. The zero-order chi connectivity index (χ0) is 18.4. The minimum atomic E-state index is -0.267. The SMILES string of the molecule is COc1ccc(NC(=O)c2cncc(Nc3cccc(C#N)c3)c2)cc1. The van der Waals surface area contributed by atoms with Crippen molar-refractivity contribution in [3.05, 3.63) is 78.1 Å². The van der Waals surface area contributed by atoms with E-state index in [1.54, 1.807) is 61.8 Å². The summed E-state index contributed by atoms with van der Waals surface area (Å²) >= 11 is 0. The number of methoxy groups -OCH3 is 1. The number of nitrogens with zero attached hydrogens (tertiary/aromatic N) is 2. The van der Waals surface area contributed by atoms with E-state index in [-0.39, 0.29) is 5.91 Å². The van der Waals surface area contributed by atoms with Crippen molar-refractivity contribution in [2.45, 2.75) is 0 Å². The van der Waals surface area contributed by atoms with Crippen molar-refractivity contribution in [3.63, 3.8) is 0 Å². The average molecular weight is 344 g/mol. The topological polar surface area (TPSA) is 87.0 Å². The summed E-state index contributed by atoms with van der Waals surface area (Å²) in [5.74, 6) is 0.451. The Morgan fingerprint density at radius 2 is 1.85 bits per heavy atom.